The van der Waals surface area contributed by atoms with Crippen molar-refractivity contribution in [2.75, 3.05) is 13.2 Å². The number of aryl methyl sites for hydroxylation is 2. The maximum absolute atomic E-state index is 14.2. The smallest absolute Gasteiger partial charge is 0.408 e. The van der Waals surface area contributed by atoms with E-state index in [2.05, 4.69) is 10.6 Å². The standard InChI is InChI=1S/C30H43N3O6/c1-19-9-14-23(20(2)17-19)25(26(36)32-29(3,4)5)33(15-16-34)27(37)24(31-28(38)39-30(6,7)8)18-21-10-12-22(35)13-11-21/h9-14,17,24-25,34-35H,15-16,18H2,1-8H3,(H,31,38)(H,32,36). The summed E-state index contributed by atoms with van der Waals surface area (Å²) in [7, 11) is 0. The average molecular weight is 542 g/mol. The van der Waals surface area contributed by atoms with E-state index in [4.69, 9.17) is 4.74 Å². The van der Waals surface area contributed by atoms with Crippen molar-refractivity contribution in [3.05, 3.63) is 64.7 Å². The van der Waals surface area contributed by atoms with E-state index in [1.165, 1.54) is 17.0 Å². The zero-order valence-corrected chi connectivity index (χ0v) is 24.3. The molecule has 3 amide bonds. The molecule has 0 radical (unpaired) electrons. The molecular weight excluding hydrogens is 498 g/mol. The van der Waals surface area contributed by atoms with Gasteiger partial charge in [0, 0.05) is 18.5 Å². The number of phenolic OH excluding ortho intramolecular Hbond substituents is 1. The summed E-state index contributed by atoms with van der Waals surface area (Å²) in [5, 5.41) is 25.3. The molecule has 0 saturated heterocycles. The molecule has 0 bridgehead atoms. The van der Waals surface area contributed by atoms with Gasteiger partial charge in [-0.15, -0.1) is 0 Å². The Morgan fingerprint density at radius 1 is 0.974 bits per heavy atom. The van der Waals surface area contributed by atoms with Crippen LogP contribution in [0.4, 0.5) is 4.79 Å². The molecule has 0 spiro atoms. The van der Waals surface area contributed by atoms with Gasteiger partial charge in [-0.1, -0.05) is 35.9 Å². The van der Waals surface area contributed by atoms with Gasteiger partial charge in [0.05, 0.1) is 6.61 Å². The van der Waals surface area contributed by atoms with Crippen molar-refractivity contribution < 1.29 is 29.3 Å². The van der Waals surface area contributed by atoms with Gasteiger partial charge >= 0.3 is 6.09 Å². The van der Waals surface area contributed by atoms with E-state index in [1.54, 1.807) is 32.9 Å². The van der Waals surface area contributed by atoms with E-state index in [1.807, 2.05) is 52.8 Å². The van der Waals surface area contributed by atoms with Crippen molar-refractivity contribution in [2.24, 2.45) is 0 Å². The summed E-state index contributed by atoms with van der Waals surface area (Å²) in [6, 6.07) is 9.71. The Labute approximate surface area is 231 Å². The van der Waals surface area contributed by atoms with Crippen LogP contribution in [0.2, 0.25) is 0 Å². The van der Waals surface area contributed by atoms with Gasteiger partial charge < -0.3 is 30.5 Å². The molecule has 2 aromatic rings. The Kier molecular flexibility index (Phi) is 10.5. The Morgan fingerprint density at radius 3 is 2.10 bits per heavy atom. The first-order chi connectivity index (χ1) is 18.0. The molecule has 214 valence electrons. The molecule has 0 aromatic heterocycles. The Bertz CT molecular complexity index is 1150. The highest BCUT2D eigenvalue weighted by Crippen LogP contribution is 2.27. The molecule has 0 fully saturated rings. The second-order valence-corrected chi connectivity index (χ2v) is 11.8. The molecule has 2 atom stereocenters. The molecule has 9 heteroatoms. The number of nitrogens with one attached hydrogen (secondary N) is 2. The van der Waals surface area contributed by atoms with Gasteiger partial charge in [-0.05, 0) is 84.2 Å². The summed E-state index contributed by atoms with van der Waals surface area (Å²) in [6.45, 7) is 14.0. The summed E-state index contributed by atoms with van der Waals surface area (Å²) in [6.07, 6.45) is -0.716. The van der Waals surface area contributed by atoms with Crippen molar-refractivity contribution in [3.63, 3.8) is 0 Å². The Hall–Kier alpha value is -3.59. The number of aromatic hydroxyl groups is 1. The molecule has 0 saturated carbocycles. The number of benzene rings is 2. The lowest BCUT2D eigenvalue weighted by atomic mass is 9.95. The number of carbonyl (C=O) groups is 3. The number of phenols is 1. The molecule has 0 heterocycles. The summed E-state index contributed by atoms with van der Waals surface area (Å²) >= 11 is 0. The molecule has 0 aliphatic rings. The predicted octanol–water partition coefficient (Wildman–Crippen LogP) is 3.92. The summed E-state index contributed by atoms with van der Waals surface area (Å²) in [5.41, 5.74) is 1.73. The fourth-order valence-corrected chi connectivity index (χ4v) is 4.21. The number of carbonyl (C=O) groups excluding carboxylic acids is 3. The number of aliphatic hydroxyl groups excluding tert-OH is 1. The first-order valence-electron chi connectivity index (χ1n) is 13.1. The van der Waals surface area contributed by atoms with Gasteiger partial charge in [-0.2, -0.15) is 0 Å². The fourth-order valence-electron chi connectivity index (χ4n) is 4.21. The van der Waals surface area contributed by atoms with Gasteiger partial charge in [0.2, 0.25) is 11.8 Å². The van der Waals surface area contributed by atoms with Crippen molar-refractivity contribution in [1.82, 2.24) is 15.5 Å². The fraction of sp³-hybridized carbons (Fsp3) is 0.500. The van der Waals surface area contributed by atoms with E-state index in [9.17, 15) is 24.6 Å². The van der Waals surface area contributed by atoms with Crippen LogP contribution in [0.25, 0.3) is 0 Å². The molecule has 0 aliphatic heterocycles. The minimum atomic E-state index is -1.12. The third-order valence-corrected chi connectivity index (χ3v) is 5.77. The number of amides is 3. The highest BCUT2D eigenvalue weighted by molar-refractivity contribution is 5.92. The van der Waals surface area contributed by atoms with Gasteiger partial charge in [-0.3, -0.25) is 9.59 Å². The molecule has 39 heavy (non-hydrogen) atoms. The van der Waals surface area contributed by atoms with E-state index >= 15 is 0 Å². The van der Waals surface area contributed by atoms with Crippen molar-refractivity contribution in [2.45, 2.75) is 85.0 Å². The van der Waals surface area contributed by atoms with Crippen LogP contribution in [0.3, 0.4) is 0 Å². The highest BCUT2D eigenvalue weighted by Gasteiger charge is 2.37. The molecule has 2 unspecified atom stereocenters. The number of rotatable bonds is 9. The second-order valence-electron chi connectivity index (χ2n) is 11.8. The van der Waals surface area contributed by atoms with E-state index in [0.717, 1.165) is 11.1 Å². The number of ether oxygens (including phenoxy) is 1. The summed E-state index contributed by atoms with van der Waals surface area (Å²) in [4.78, 5) is 42.0. The summed E-state index contributed by atoms with van der Waals surface area (Å²) < 4.78 is 5.42. The van der Waals surface area contributed by atoms with E-state index < -0.39 is 47.7 Å². The van der Waals surface area contributed by atoms with Gasteiger partial charge in [-0.25, -0.2) is 4.79 Å². The van der Waals surface area contributed by atoms with Gasteiger partial charge in [0.25, 0.3) is 0 Å². The van der Waals surface area contributed by atoms with Crippen molar-refractivity contribution >= 4 is 17.9 Å². The molecule has 2 aromatic carbocycles. The zero-order chi connectivity index (χ0) is 29.5. The van der Waals surface area contributed by atoms with Crippen LogP contribution in [0, 0.1) is 13.8 Å². The van der Waals surface area contributed by atoms with Crippen LogP contribution in [-0.4, -0.2) is 63.4 Å². The maximum Gasteiger partial charge on any atom is 0.408 e. The lowest BCUT2D eigenvalue weighted by molar-refractivity contribution is -0.143. The SMILES string of the molecule is Cc1ccc(C(C(=O)NC(C)(C)C)N(CCO)C(=O)C(Cc2ccc(O)cc2)NC(=O)OC(C)(C)C)c(C)c1. The molecule has 9 nitrogen and oxygen atoms in total. The Morgan fingerprint density at radius 2 is 1.59 bits per heavy atom. The lowest BCUT2D eigenvalue weighted by Crippen LogP contribution is -2.55. The first kappa shape index (κ1) is 31.6. The molecule has 4 N–H and O–H groups in total. The lowest BCUT2D eigenvalue weighted by Gasteiger charge is -2.36. The number of hydrogen-bond acceptors (Lipinski definition) is 6. The van der Waals surface area contributed by atoms with Crippen molar-refractivity contribution in [1.29, 1.82) is 0 Å². The topological polar surface area (TPSA) is 128 Å². The van der Waals surface area contributed by atoms with E-state index in [-0.39, 0.29) is 18.7 Å². The van der Waals surface area contributed by atoms with Crippen LogP contribution in [-0.2, 0) is 20.7 Å². The first-order valence-corrected chi connectivity index (χ1v) is 13.1. The van der Waals surface area contributed by atoms with Gasteiger partial charge in [0.15, 0.2) is 0 Å². The summed E-state index contributed by atoms with van der Waals surface area (Å²) in [5.74, 6) is -0.897. The number of hydrogen-bond donors (Lipinski definition) is 4. The highest BCUT2D eigenvalue weighted by atomic mass is 16.6. The minimum absolute atomic E-state index is 0.0670. The minimum Gasteiger partial charge on any atom is -0.508 e. The Balaban J connectivity index is 2.59. The van der Waals surface area contributed by atoms with Crippen LogP contribution >= 0.6 is 0 Å². The third-order valence-electron chi connectivity index (χ3n) is 5.77. The number of aliphatic hydroxyl groups is 1. The average Bonchev–Trinajstić information content (AvgIpc) is 2.78. The van der Waals surface area contributed by atoms with Crippen LogP contribution < -0.4 is 10.6 Å². The maximum atomic E-state index is 14.2. The molecular formula is C30H43N3O6. The van der Waals surface area contributed by atoms with Crippen molar-refractivity contribution in [3.8, 4) is 5.75 Å². The molecule has 2 rings (SSSR count). The normalized spacial score (nSPS) is 13.3. The van der Waals surface area contributed by atoms with Crippen LogP contribution in [0.15, 0.2) is 42.5 Å². The monoisotopic (exact) mass is 541 g/mol. The van der Waals surface area contributed by atoms with Crippen LogP contribution in [0.1, 0.15) is 69.8 Å². The molecule has 0 aliphatic carbocycles. The van der Waals surface area contributed by atoms with Gasteiger partial charge in [0.1, 0.15) is 23.4 Å². The van der Waals surface area contributed by atoms with Crippen LogP contribution in [0.5, 0.6) is 5.75 Å². The third kappa shape index (κ3) is 9.90. The zero-order valence-electron chi connectivity index (χ0n) is 24.3. The quantitative estimate of drug-likeness (QED) is 0.381. The predicted molar refractivity (Wildman–Crippen MR) is 150 cm³/mol. The van der Waals surface area contributed by atoms with E-state index in [0.29, 0.717) is 11.1 Å². The number of nitrogens with zero attached hydrogens (tertiary/aromatic N) is 1. The largest absolute Gasteiger partial charge is 0.508 e. The number of alkyl carbamates (subject to hydrolysis) is 1. The second kappa shape index (κ2) is 13.0.